The van der Waals surface area contributed by atoms with Gasteiger partial charge in [0.2, 0.25) is 5.91 Å². The van der Waals surface area contributed by atoms with Crippen LogP contribution in [0, 0.1) is 0 Å². The Morgan fingerprint density at radius 3 is 2.86 bits per heavy atom. The first-order chi connectivity index (χ1) is 13.6. The zero-order valence-electron chi connectivity index (χ0n) is 16.8. The van der Waals surface area contributed by atoms with Gasteiger partial charge in [-0.3, -0.25) is 14.2 Å². The van der Waals surface area contributed by atoms with Gasteiger partial charge in [-0.1, -0.05) is 37.9 Å². The van der Waals surface area contributed by atoms with Gasteiger partial charge in [0, 0.05) is 24.5 Å². The number of hydrogen-bond donors (Lipinski definition) is 0. The molecule has 0 atom stereocenters. The number of unbranched alkanes of at least 4 members (excludes halogenated alkanes) is 3. The van der Waals surface area contributed by atoms with Crippen molar-refractivity contribution in [3.05, 3.63) is 20.8 Å². The van der Waals surface area contributed by atoms with E-state index in [0.29, 0.717) is 23.5 Å². The zero-order valence-corrected chi connectivity index (χ0v) is 18.5. The Kier molecular flexibility index (Phi) is 6.11. The van der Waals surface area contributed by atoms with Crippen molar-refractivity contribution in [1.82, 2.24) is 14.5 Å². The van der Waals surface area contributed by atoms with Crippen LogP contribution in [-0.2, 0) is 24.2 Å². The molecule has 5 nitrogen and oxygen atoms in total. The molecular weight excluding hydrogens is 390 g/mol. The van der Waals surface area contributed by atoms with E-state index in [2.05, 4.69) is 6.92 Å². The lowest BCUT2D eigenvalue weighted by Gasteiger charge is -2.17. The number of rotatable bonds is 9. The fourth-order valence-electron chi connectivity index (χ4n) is 3.96. The normalized spacial score (nSPS) is 15.9. The second-order valence-electron chi connectivity index (χ2n) is 7.97. The van der Waals surface area contributed by atoms with Crippen molar-refractivity contribution in [3.8, 4) is 0 Å². The van der Waals surface area contributed by atoms with Gasteiger partial charge in [-0.15, -0.1) is 11.3 Å². The Hall–Kier alpha value is -1.34. The van der Waals surface area contributed by atoms with Gasteiger partial charge < -0.3 is 4.90 Å². The van der Waals surface area contributed by atoms with Crippen LogP contribution in [0.15, 0.2) is 9.95 Å². The number of hydrogen-bond acceptors (Lipinski definition) is 5. The van der Waals surface area contributed by atoms with E-state index in [1.807, 2.05) is 16.5 Å². The van der Waals surface area contributed by atoms with Gasteiger partial charge in [0.1, 0.15) is 4.83 Å². The maximum atomic E-state index is 13.4. The van der Waals surface area contributed by atoms with Crippen LogP contribution in [0.2, 0.25) is 0 Å². The van der Waals surface area contributed by atoms with Crippen molar-refractivity contribution in [1.29, 1.82) is 0 Å². The zero-order chi connectivity index (χ0) is 19.7. The minimum absolute atomic E-state index is 0.103. The summed E-state index contributed by atoms with van der Waals surface area (Å²) in [5.41, 5.74) is 1.34. The monoisotopic (exact) mass is 419 g/mol. The van der Waals surface area contributed by atoms with Crippen LogP contribution in [0.1, 0.15) is 62.3 Å². The average molecular weight is 420 g/mol. The summed E-state index contributed by atoms with van der Waals surface area (Å²) in [6.07, 6.45) is 9.90. The Morgan fingerprint density at radius 2 is 2.11 bits per heavy atom. The first kappa shape index (κ1) is 20.0. The van der Waals surface area contributed by atoms with Crippen LogP contribution in [0.3, 0.4) is 0 Å². The highest BCUT2D eigenvalue weighted by Crippen LogP contribution is 2.35. The fraction of sp³-hybridized carbons (Fsp3) is 0.667. The number of thioether (sulfide) groups is 1. The molecule has 2 aliphatic rings. The summed E-state index contributed by atoms with van der Waals surface area (Å²) in [4.78, 5) is 34.7. The fourth-order valence-corrected chi connectivity index (χ4v) is 6.21. The van der Waals surface area contributed by atoms with Crippen molar-refractivity contribution >= 4 is 39.2 Å². The summed E-state index contributed by atoms with van der Waals surface area (Å²) < 4.78 is 1.85. The topological polar surface area (TPSA) is 55.2 Å². The quantitative estimate of drug-likeness (QED) is 0.347. The van der Waals surface area contributed by atoms with Gasteiger partial charge in [-0.2, -0.15) is 0 Å². The smallest absolute Gasteiger partial charge is 0.263 e. The molecule has 1 amide bonds. The van der Waals surface area contributed by atoms with Gasteiger partial charge in [-0.05, 0) is 44.1 Å². The standard InChI is InChI=1S/C21H29N3O2S2/c1-3-4-5-6-12-24-20(26)18-15-8-7-9-16(15)28-19(18)22-21(24)27-13-17(25)23(2)14-10-11-14/h14H,3-13H2,1-2H3. The van der Waals surface area contributed by atoms with E-state index in [9.17, 15) is 9.59 Å². The molecule has 2 heterocycles. The van der Waals surface area contributed by atoms with Crippen molar-refractivity contribution in [2.75, 3.05) is 12.8 Å². The second kappa shape index (κ2) is 8.57. The molecule has 4 rings (SSSR count). The molecule has 0 N–H and O–H groups in total. The van der Waals surface area contributed by atoms with Gasteiger partial charge in [0.25, 0.3) is 5.56 Å². The lowest BCUT2D eigenvalue weighted by atomic mass is 10.2. The first-order valence-electron chi connectivity index (χ1n) is 10.5. The Balaban J connectivity index is 1.60. The van der Waals surface area contributed by atoms with Crippen molar-refractivity contribution in [2.45, 2.75) is 82.5 Å². The van der Waals surface area contributed by atoms with Crippen LogP contribution in [0.25, 0.3) is 10.2 Å². The predicted molar refractivity (Wildman–Crippen MR) is 117 cm³/mol. The van der Waals surface area contributed by atoms with E-state index in [1.165, 1.54) is 35.0 Å². The molecule has 0 saturated heterocycles. The molecule has 28 heavy (non-hydrogen) atoms. The van der Waals surface area contributed by atoms with Crippen molar-refractivity contribution in [3.63, 3.8) is 0 Å². The maximum Gasteiger partial charge on any atom is 0.263 e. The van der Waals surface area contributed by atoms with E-state index >= 15 is 0 Å². The Labute approximate surface area is 174 Å². The molecule has 152 valence electrons. The van der Waals surface area contributed by atoms with E-state index < -0.39 is 0 Å². The Morgan fingerprint density at radius 1 is 1.29 bits per heavy atom. The molecular formula is C21H29N3O2S2. The Bertz CT molecular complexity index is 930. The number of nitrogens with zero attached hydrogens (tertiary/aromatic N) is 3. The third-order valence-electron chi connectivity index (χ3n) is 5.84. The van der Waals surface area contributed by atoms with E-state index in [4.69, 9.17) is 4.98 Å². The highest BCUT2D eigenvalue weighted by Gasteiger charge is 2.30. The van der Waals surface area contributed by atoms with Gasteiger partial charge in [-0.25, -0.2) is 4.98 Å². The highest BCUT2D eigenvalue weighted by molar-refractivity contribution is 7.99. The minimum Gasteiger partial charge on any atom is -0.342 e. The summed E-state index contributed by atoms with van der Waals surface area (Å²) >= 11 is 3.11. The van der Waals surface area contributed by atoms with Crippen molar-refractivity contribution < 1.29 is 4.79 Å². The third kappa shape index (κ3) is 4.01. The molecule has 0 radical (unpaired) electrons. The average Bonchev–Trinajstić information content (AvgIpc) is 3.34. The number of carbonyl (C=O) groups is 1. The highest BCUT2D eigenvalue weighted by atomic mass is 32.2. The SMILES string of the molecule is CCCCCCn1c(SCC(=O)N(C)C2CC2)nc2sc3c(c2c1=O)CCC3. The van der Waals surface area contributed by atoms with Gasteiger partial charge >= 0.3 is 0 Å². The molecule has 2 aromatic heterocycles. The van der Waals surface area contributed by atoms with Crippen LogP contribution in [0.5, 0.6) is 0 Å². The number of carbonyl (C=O) groups excluding carboxylic acids is 1. The number of amides is 1. The molecule has 2 aromatic rings. The second-order valence-corrected chi connectivity index (χ2v) is 10.00. The molecule has 0 bridgehead atoms. The van der Waals surface area contributed by atoms with E-state index in [0.717, 1.165) is 55.2 Å². The van der Waals surface area contributed by atoms with E-state index in [1.54, 1.807) is 11.3 Å². The van der Waals surface area contributed by atoms with Crippen LogP contribution in [0.4, 0.5) is 0 Å². The summed E-state index contributed by atoms with van der Waals surface area (Å²) in [7, 11) is 1.89. The summed E-state index contributed by atoms with van der Waals surface area (Å²) in [5, 5.41) is 1.56. The van der Waals surface area contributed by atoms with Gasteiger partial charge in [0.05, 0.1) is 11.1 Å². The predicted octanol–water partition coefficient (Wildman–Crippen LogP) is 4.24. The summed E-state index contributed by atoms with van der Waals surface area (Å²) in [6.45, 7) is 2.89. The van der Waals surface area contributed by atoms with Crippen LogP contribution in [-0.4, -0.2) is 39.2 Å². The number of thiophene rings is 1. The molecule has 0 unspecified atom stereocenters. The van der Waals surface area contributed by atoms with Crippen LogP contribution >= 0.6 is 23.1 Å². The summed E-state index contributed by atoms with van der Waals surface area (Å²) in [5.74, 6) is 0.485. The molecule has 0 spiro atoms. The molecule has 7 heteroatoms. The number of aromatic nitrogens is 2. The largest absolute Gasteiger partial charge is 0.342 e. The number of aryl methyl sites for hydroxylation is 2. The number of fused-ring (bicyclic) bond motifs is 3. The first-order valence-corrected chi connectivity index (χ1v) is 12.3. The molecule has 2 aliphatic carbocycles. The lowest BCUT2D eigenvalue weighted by Crippen LogP contribution is -2.31. The van der Waals surface area contributed by atoms with Crippen LogP contribution < -0.4 is 5.56 Å². The minimum atomic E-state index is 0.103. The molecule has 1 saturated carbocycles. The van der Waals surface area contributed by atoms with E-state index in [-0.39, 0.29) is 11.5 Å². The summed E-state index contributed by atoms with van der Waals surface area (Å²) in [6, 6.07) is 0.417. The lowest BCUT2D eigenvalue weighted by molar-refractivity contribution is -0.127. The molecule has 0 aliphatic heterocycles. The van der Waals surface area contributed by atoms with Crippen molar-refractivity contribution in [2.24, 2.45) is 0 Å². The maximum absolute atomic E-state index is 13.4. The molecule has 1 fully saturated rings. The van der Waals surface area contributed by atoms with Gasteiger partial charge in [0.15, 0.2) is 5.16 Å². The third-order valence-corrected chi connectivity index (χ3v) is 7.98. The molecule has 0 aromatic carbocycles.